The maximum absolute atomic E-state index is 5.39. The molecule has 108 valence electrons. The van der Waals surface area contributed by atoms with Gasteiger partial charge in [0.25, 0.3) is 0 Å². The number of ether oxygens (including phenoxy) is 1. The second kappa shape index (κ2) is 6.68. The van der Waals surface area contributed by atoms with E-state index < -0.39 is 0 Å². The first-order chi connectivity index (χ1) is 10.9. The number of aliphatic imine (C=N–C) groups is 1. The van der Waals surface area contributed by atoms with Gasteiger partial charge in [0, 0.05) is 11.8 Å². The van der Waals surface area contributed by atoms with Gasteiger partial charge in [-0.15, -0.1) is 0 Å². The van der Waals surface area contributed by atoms with E-state index in [4.69, 9.17) is 9.73 Å². The van der Waals surface area contributed by atoms with E-state index in [9.17, 15) is 0 Å². The van der Waals surface area contributed by atoms with Crippen LogP contribution >= 0.6 is 0 Å². The van der Waals surface area contributed by atoms with Crippen LogP contribution in [0.15, 0.2) is 84.0 Å². The van der Waals surface area contributed by atoms with E-state index in [-0.39, 0.29) is 0 Å². The zero-order valence-corrected chi connectivity index (χ0v) is 12.3. The number of rotatable bonds is 4. The van der Waals surface area contributed by atoms with Gasteiger partial charge in [0.2, 0.25) is 0 Å². The summed E-state index contributed by atoms with van der Waals surface area (Å²) in [5.41, 5.74) is 3.46. The van der Waals surface area contributed by atoms with E-state index >= 15 is 0 Å². The van der Waals surface area contributed by atoms with Crippen LogP contribution in [0, 0.1) is 0 Å². The molecular weight excluding hydrogens is 272 g/mol. The van der Waals surface area contributed by atoms with Gasteiger partial charge in [-0.2, -0.15) is 0 Å². The second-order valence-electron chi connectivity index (χ2n) is 4.71. The topological polar surface area (TPSA) is 34.5 Å². The van der Waals surface area contributed by atoms with Crippen molar-refractivity contribution in [2.45, 2.75) is 0 Å². The summed E-state index contributed by atoms with van der Waals surface area (Å²) >= 11 is 0. The number of methoxy groups -OCH3 is 1. The lowest BCUT2D eigenvalue weighted by atomic mass is 10.1. The summed E-state index contributed by atoms with van der Waals surface area (Å²) in [5, 5.41) is 0. The molecule has 0 aliphatic heterocycles. The number of hydrogen-bond donors (Lipinski definition) is 0. The third-order valence-electron chi connectivity index (χ3n) is 3.27. The Morgan fingerprint density at radius 2 is 1.59 bits per heavy atom. The summed E-state index contributed by atoms with van der Waals surface area (Å²) in [5.74, 6) is 0.742. The summed E-state index contributed by atoms with van der Waals surface area (Å²) in [6, 6.07) is 23.6. The maximum Gasteiger partial charge on any atom is 0.144 e. The Morgan fingerprint density at radius 1 is 0.864 bits per heavy atom. The summed E-state index contributed by atoms with van der Waals surface area (Å²) in [4.78, 5) is 9.23. The van der Waals surface area contributed by atoms with E-state index in [0.29, 0.717) is 0 Å². The van der Waals surface area contributed by atoms with Crippen molar-refractivity contribution in [3.8, 4) is 5.75 Å². The van der Waals surface area contributed by atoms with Crippen molar-refractivity contribution >= 4 is 11.4 Å². The molecule has 1 heterocycles. The van der Waals surface area contributed by atoms with E-state index in [2.05, 4.69) is 4.98 Å². The predicted octanol–water partition coefficient (Wildman–Crippen LogP) is 4.26. The Balaban J connectivity index is 2.16. The van der Waals surface area contributed by atoms with Crippen molar-refractivity contribution in [3.63, 3.8) is 0 Å². The smallest absolute Gasteiger partial charge is 0.144 e. The number of aromatic nitrogens is 1. The molecule has 0 atom stereocenters. The van der Waals surface area contributed by atoms with Gasteiger partial charge in [0.15, 0.2) is 0 Å². The molecule has 0 N–H and O–H groups in total. The highest BCUT2D eigenvalue weighted by molar-refractivity contribution is 6.12. The van der Waals surface area contributed by atoms with Crippen molar-refractivity contribution in [3.05, 3.63) is 90.3 Å². The number of hydrogen-bond acceptors (Lipinski definition) is 3. The van der Waals surface area contributed by atoms with Gasteiger partial charge >= 0.3 is 0 Å². The summed E-state index contributed by atoms with van der Waals surface area (Å²) in [6.07, 6.45) is 1.77. The van der Waals surface area contributed by atoms with E-state index in [1.165, 1.54) is 0 Å². The molecule has 0 amide bonds. The van der Waals surface area contributed by atoms with Crippen LogP contribution in [0.2, 0.25) is 0 Å². The minimum absolute atomic E-state index is 0.742. The molecule has 0 fully saturated rings. The van der Waals surface area contributed by atoms with Crippen molar-refractivity contribution in [2.75, 3.05) is 7.11 Å². The highest BCUT2D eigenvalue weighted by atomic mass is 16.5. The van der Waals surface area contributed by atoms with Gasteiger partial charge in [-0.1, -0.05) is 48.5 Å². The molecular formula is C19H16N2O. The van der Waals surface area contributed by atoms with Crippen LogP contribution < -0.4 is 4.74 Å². The largest absolute Gasteiger partial charge is 0.494 e. The Bertz CT molecular complexity index is 726. The number of nitrogens with zero attached hydrogens (tertiary/aromatic N) is 2. The quantitative estimate of drug-likeness (QED) is 0.672. The average molecular weight is 288 g/mol. The molecule has 0 saturated heterocycles. The van der Waals surface area contributed by atoms with Crippen LogP contribution in [0.4, 0.5) is 5.69 Å². The third-order valence-corrected chi connectivity index (χ3v) is 3.27. The monoisotopic (exact) mass is 288 g/mol. The zero-order chi connectivity index (χ0) is 15.2. The lowest BCUT2D eigenvalue weighted by Gasteiger charge is -2.09. The molecule has 1 aromatic heterocycles. The normalized spacial score (nSPS) is 11.2. The fraction of sp³-hybridized carbons (Fsp3) is 0.0526. The molecule has 2 aromatic carbocycles. The molecule has 22 heavy (non-hydrogen) atoms. The fourth-order valence-electron chi connectivity index (χ4n) is 2.21. The van der Waals surface area contributed by atoms with Gasteiger partial charge in [-0.3, -0.25) is 4.98 Å². The number of para-hydroxylation sites is 2. The lowest BCUT2D eigenvalue weighted by Crippen LogP contribution is -2.05. The molecule has 0 aliphatic carbocycles. The number of pyridine rings is 1. The van der Waals surface area contributed by atoms with E-state index in [1.54, 1.807) is 13.3 Å². The van der Waals surface area contributed by atoms with Gasteiger partial charge < -0.3 is 4.74 Å². The summed E-state index contributed by atoms with van der Waals surface area (Å²) in [6.45, 7) is 0. The predicted molar refractivity (Wildman–Crippen MR) is 89.0 cm³/mol. The molecule has 3 nitrogen and oxygen atoms in total. The molecule has 0 bridgehead atoms. The zero-order valence-electron chi connectivity index (χ0n) is 12.3. The SMILES string of the molecule is COc1ccccc1N=C(c1ccccc1)c1ccccn1. The molecule has 3 aromatic rings. The van der Waals surface area contributed by atoms with Crippen LogP contribution in [0.25, 0.3) is 0 Å². The second-order valence-corrected chi connectivity index (χ2v) is 4.71. The van der Waals surface area contributed by atoms with Crippen molar-refractivity contribution < 1.29 is 4.74 Å². The molecule has 0 saturated carbocycles. The summed E-state index contributed by atoms with van der Waals surface area (Å²) < 4.78 is 5.39. The summed E-state index contributed by atoms with van der Waals surface area (Å²) in [7, 11) is 1.65. The standard InChI is InChI=1S/C19H16N2O/c1-22-18-13-6-5-11-16(18)21-19(15-9-3-2-4-10-15)17-12-7-8-14-20-17/h2-14H,1H3. The molecule has 3 heteroatoms. The van der Waals surface area contributed by atoms with Crippen LogP contribution in [-0.2, 0) is 0 Å². The van der Waals surface area contributed by atoms with Gasteiger partial charge in [0.05, 0.1) is 18.5 Å². The van der Waals surface area contributed by atoms with Crippen LogP contribution in [0.3, 0.4) is 0 Å². The average Bonchev–Trinajstić information content (AvgIpc) is 2.61. The lowest BCUT2D eigenvalue weighted by molar-refractivity contribution is 0.416. The first-order valence-corrected chi connectivity index (χ1v) is 7.07. The molecule has 3 rings (SSSR count). The molecule has 0 spiro atoms. The highest BCUT2D eigenvalue weighted by Gasteiger charge is 2.09. The van der Waals surface area contributed by atoms with Gasteiger partial charge in [-0.25, -0.2) is 4.99 Å². The number of benzene rings is 2. The molecule has 0 aliphatic rings. The van der Waals surface area contributed by atoms with Crippen LogP contribution in [0.1, 0.15) is 11.3 Å². The van der Waals surface area contributed by atoms with E-state index in [0.717, 1.165) is 28.4 Å². The maximum atomic E-state index is 5.39. The molecule has 0 radical (unpaired) electrons. The van der Waals surface area contributed by atoms with Crippen LogP contribution in [0.5, 0.6) is 5.75 Å². The first kappa shape index (κ1) is 14.0. The third kappa shape index (κ3) is 3.04. The fourth-order valence-corrected chi connectivity index (χ4v) is 2.21. The minimum Gasteiger partial charge on any atom is -0.494 e. The van der Waals surface area contributed by atoms with Crippen molar-refractivity contribution in [1.82, 2.24) is 4.98 Å². The van der Waals surface area contributed by atoms with E-state index in [1.807, 2.05) is 72.8 Å². The highest BCUT2D eigenvalue weighted by Crippen LogP contribution is 2.28. The van der Waals surface area contributed by atoms with Crippen molar-refractivity contribution in [2.24, 2.45) is 4.99 Å². The first-order valence-electron chi connectivity index (χ1n) is 7.07. The Morgan fingerprint density at radius 3 is 2.32 bits per heavy atom. The van der Waals surface area contributed by atoms with Crippen LogP contribution in [-0.4, -0.2) is 17.8 Å². The Kier molecular flexibility index (Phi) is 4.25. The molecule has 0 unspecified atom stereocenters. The van der Waals surface area contributed by atoms with Gasteiger partial charge in [-0.05, 0) is 24.3 Å². The Hall–Kier alpha value is -2.94. The minimum atomic E-state index is 0.742. The van der Waals surface area contributed by atoms with Crippen molar-refractivity contribution in [1.29, 1.82) is 0 Å². The Labute approximate surface area is 130 Å². The van der Waals surface area contributed by atoms with Gasteiger partial charge in [0.1, 0.15) is 11.4 Å².